The fourth-order valence-electron chi connectivity index (χ4n) is 1.94. The number of hydrogen-bond donors (Lipinski definition) is 1. The van der Waals surface area contributed by atoms with Crippen LogP contribution in [0.4, 0.5) is 5.69 Å². The molecule has 0 aliphatic rings. The van der Waals surface area contributed by atoms with Crippen molar-refractivity contribution >= 4 is 33.0 Å². The van der Waals surface area contributed by atoms with Crippen molar-refractivity contribution in [3.05, 3.63) is 41.3 Å². The molecule has 6 nitrogen and oxygen atoms in total. The van der Waals surface area contributed by atoms with Gasteiger partial charge in [0.2, 0.25) is 0 Å². The van der Waals surface area contributed by atoms with E-state index in [2.05, 4.69) is 0 Å². The fraction of sp³-hybridized carbons (Fsp3) is 0.214. The largest absolute Gasteiger partial charge is 0.495 e. The molecule has 0 bridgehead atoms. The first-order valence-corrected chi connectivity index (χ1v) is 8.61. The molecule has 2 rings (SSSR count). The summed E-state index contributed by atoms with van der Waals surface area (Å²) in [6.07, 6.45) is 0. The number of nitrogens with zero attached hydrogens (tertiary/aromatic N) is 1. The van der Waals surface area contributed by atoms with Gasteiger partial charge in [-0.05, 0) is 36.1 Å². The first-order chi connectivity index (χ1) is 10.4. The van der Waals surface area contributed by atoms with Gasteiger partial charge in [0.05, 0.1) is 12.8 Å². The number of carboxylic acids is 1. The molecule has 1 N–H and O–H groups in total. The van der Waals surface area contributed by atoms with Gasteiger partial charge in [-0.25, -0.2) is 8.42 Å². The number of rotatable bonds is 6. The summed E-state index contributed by atoms with van der Waals surface area (Å²) in [5.74, 6) is -0.948. The van der Waals surface area contributed by atoms with Crippen LogP contribution in [0.3, 0.4) is 0 Å². The second kappa shape index (κ2) is 6.37. The molecule has 0 aliphatic carbocycles. The number of ether oxygens (including phenoxy) is 1. The Hall–Kier alpha value is -2.06. The van der Waals surface area contributed by atoms with Crippen LogP contribution < -0.4 is 9.04 Å². The van der Waals surface area contributed by atoms with Crippen molar-refractivity contribution in [1.29, 1.82) is 0 Å². The lowest BCUT2D eigenvalue weighted by Gasteiger charge is -2.24. The monoisotopic (exact) mass is 341 g/mol. The van der Waals surface area contributed by atoms with E-state index in [-0.39, 0.29) is 9.90 Å². The van der Waals surface area contributed by atoms with Gasteiger partial charge in [0.1, 0.15) is 16.5 Å². The molecule has 1 heterocycles. The summed E-state index contributed by atoms with van der Waals surface area (Å²) in [5, 5.41) is 10.7. The normalized spacial score (nSPS) is 11.2. The number of thiophene rings is 1. The van der Waals surface area contributed by atoms with Gasteiger partial charge in [-0.1, -0.05) is 12.1 Å². The Morgan fingerprint density at radius 3 is 2.64 bits per heavy atom. The van der Waals surface area contributed by atoms with E-state index in [0.717, 1.165) is 21.2 Å². The van der Waals surface area contributed by atoms with E-state index in [1.54, 1.807) is 36.6 Å². The van der Waals surface area contributed by atoms with Crippen LogP contribution in [-0.2, 0) is 14.8 Å². The third-order valence-corrected chi connectivity index (χ3v) is 6.05. The second-order valence-electron chi connectivity index (χ2n) is 4.51. The number of anilines is 1. The van der Waals surface area contributed by atoms with Gasteiger partial charge in [0, 0.05) is 0 Å². The van der Waals surface area contributed by atoms with Gasteiger partial charge in [-0.15, -0.1) is 11.3 Å². The molecule has 0 radical (unpaired) electrons. The Balaban J connectivity index is 2.61. The van der Waals surface area contributed by atoms with E-state index in [1.807, 2.05) is 0 Å². The predicted molar refractivity (Wildman–Crippen MR) is 84.2 cm³/mol. The van der Waals surface area contributed by atoms with Crippen molar-refractivity contribution in [3.63, 3.8) is 0 Å². The Morgan fingerprint density at radius 2 is 2.09 bits per heavy atom. The Kier molecular flexibility index (Phi) is 4.72. The van der Waals surface area contributed by atoms with Crippen molar-refractivity contribution in [2.75, 3.05) is 18.0 Å². The van der Waals surface area contributed by atoms with Gasteiger partial charge < -0.3 is 9.84 Å². The van der Waals surface area contributed by atoms with Crippen LogP contribution in [-0.4, -0.2) is 33.1 Å². The van der Waals surface area contributed by atoms with Gasteiger partial charge in [0.15, 0.2) is 0 Å². The highest BCUT2D eigenvalue weighted by molar-refractivity contribution is 7.94. The molecule has 0 fully saturated rings. The van der Waals surface area contributed by atoms with Crippen molar-refractivity contribution in [1.82, 2.24) is 0 Å². The molecule has 1 aromatic carbocycles. The zero-order valence-corrected chi connectivity index (χ0v) is 13.6. The number of benzene rings is 1. The molecule has 1 aromatic heterocycles. The van der Waals surface area contributed by atoms with Crippen molar-refractivity contribution in [2.45, 2.75) is 11.1 Å². The molecule has 0 saturated heterocycles. The number of hydrogen-bond acceptors (Lipinski definition) is 5. The summed E-state index contributed by atoms with van der Waals surface area (Å²) in [4.78, 5) is 11.1. The summed E-state index contributed by atoms with van der Waals surface area (Å²) in [7, 11) is -2.56. The molecule has 8 heteroatoms. The number of carbonyl (C=O) groups is 1. The van der Waals surface area contributed by atoms with E-state index in [1.165, 1.54) is 13.2 Å². The maximum absolute atomic E-state index is 12.7. The molecule has 0 unspecified atom stereocenters. The van der Waals surface area contributed by atoms with Crippen LogP contribution >= 0.6 is 11.3 Å². The smallest absolute Gasteiger partial charge is 0.324 e. The third kappa shape index (κ3) is 3.23. The fourth-order valence-corrected chi connectivity index (χ4v) is 4.46. The van der Waals surface area contributed by atoms with Crippen LogP contribution in [0, 0.1) is 6.92 Å². The zero-order chi connectivity index (χ0) is 16.3. The van der Waals surface area contributed by atoms with E-state index < -0.39 is 22.5 Å². The summed E-state index contributed by atoms with van der Waals surface area (Å²) >= 11 is 1.03. The molecule has 118 valence electrons. The molecule has 0 atom stereocenters. The van der Waals surface area contributed by atoms with Gasteiger partial charge in [0.25, 0.3) is 10.0 Å². The topological polar surface area (TPSA) is 83.9 Å². The minimum atomic E-state index is -3.96. The molecule has 0 spiro atoms. The van der Waals surface area contributed by atoms with Gasteiger partial charge in [-0.3, -0.25) is 9.10 Å². The van der Waals surface area contributed by atoms with E-state index >= 15 is 0 Å². The molecule has 2 aromatic rings. The first-order valence-electron chi connectivity index (χ1n) is 6.29. The molecule has 0 saturated carbocycles. The first kappa shape index (κ1) is 16.3. The van der Waals surface area contributed by atoms with Crippen LogP contribution in [0.1, 0.15) is 5.56 Å². The lowest BCUT2D eigenvalue weighted by atomic mass is 10.2. The average Bonchev–Trinajstić information content (AvgIpc) is 2.99. The Labute approximate surface area is 132 Å². The maximum Gasteiger partial charge on any atom is 0.324 e. The van der Waals surface area contributed by atoms with Crippen LogP contribution in [0.25, 0.3) is 0 Å². The van der Waals surface area contributed by atoms with Crippen molar-refractivity contribution in [3.8, 4) is 5.75 Å². The summed E-state index contributed by atoms with van der Waals surface area (Å²) in [5.41, 5.74) is 1.01. The average molecular weight is 341 g/mol. The zero-order valence-electron chi connectivity index (χ0n) is 12.0. The Bertz CT molecular complexity index is 769. The van der Waals surface area contributed by atoms with Crippen molar-refractivity contribution < 1.29 is 23.1 Å². The maximum atomic E-state index is 12.7. The SMILES string of the molecule is COc1ccc(C)cc1N(CC(=O)O)S(=O)(=O)c1cccs1. The number of sulfonamides is 1. The third-order valence-electron chi connectivity index (χ3n) is 2.92. The molecule has 0 aliphatic heterocycles. The quantitative estimate of drug-likeness (QED) is 0.872. The number of aryl methyl sites for hydroxylation is 1. The van der Waals surface area contributed by atoms with Crippen LogP contribution in [0.2, 0.25) is 0 Å². The standard InChI is InChI=1S/C14H15NO5S2/c1-10-5-6-12(20-2)11(8-10)15(9-13(16)17)22(18,19)14-4-3-7-21-14/h3-8H,9H2,1-2H3,(H,16,17). The lowest BCUT2D eigenvalue weighted by Crippen LogP contribution is -2.35. The van der Waals surface area contributed by atoms with E-state index in [0.29, 0.717) is 5.75 Å². The predicted octanol–water partition coefficient (Wildman–Crippen LogP) is 2.35. The number of methoxy groups -OCH3 is 1. The summed E-state index contributed by atoms with van der Waals surface area (Å²) < 4.78 is 31.6. The molecular formula is C14H15NO5S2. The molecule has 0 amide bonds. The van der Waals surface area contributed by atoms with Crippen molar-refractivity contribution in [2.24, 2.45) is 0 Å². The van der Waals surface area contributed by atoms with Crippen LogP contribution in [0.15, 0.2) is 39.9 Å². The van der Waals surface area contributed by atoms with E-state index in [9.17, 15) is 13.2 Å². The highest BCUT2D eigenvalue weighted by Gasteiger charge is 2.30. The number of carboxylic acid groups (broad SMARTS) is 1. The molecule has 22 heavy (non-hydrogen) atoms. The van der Waals surface area contributed by atoms with E-state index in [4.69, 9.17) is 9.84 Å². The lowest BCUT2D eigenvalue weighted by molar-refractivity contribution is -0.135. The van der Waals surface area contributed by atoms with Crippen LogP contribution in [0.5, 0.6) is 5.75 Å². The molecular weight excluding hydrogens is 326 g/mol. The minimum absolute atomic E-state index is 0.0808. The Morgan fingerprint density at radius 1 is 1.36 bits per heavy atom. The summed E-state index contributed by atoms with van der Waals surface area (Å²) in [6.45, 7) is 1.11. The number of aliphatic carboxylic acids is 1. The van der Waals surface area contributed by atoms with Gasteiger partial charge in [-0.2, -0.15) is 0 Å². The minimum Gasteiger partial charge on any atom is -0.495 e. The highest BCUT2D eigenvalue weighted by Crippen LogP contribution is 2.34. The summed E-state index contributed by atoms with van der Waals surface area (Å²) in [6, 6.07) is 8.01. The van der Waals surface area contributed by atoms with Gasteiger partial charge >= 0.3 is 5.97 Å². The highest BCUT2D eigenvalue weighted by atomic mass is 32.2. The second-order valence-corrected chi connectivity index (χ2v) is 7.55.